The van der Waals surface area contributed by atoms with Crippen LogP contribution in [0.25, 0.3) is 0 Å². The minimum Gasteiger partial charge on any atom is -0.352 e. The third kappa shape index (κ3) is 4.96. The summed E-state index contributed by atoms with van der Waals surface area (Å²) in [5, 5.41) is 2.74. The van der Waals surface area contributed by atoms with E-state index in [0.29, 0.717) is 0 Å². The van der Waals surface area contributed by atoms with Crippen molar-refractivity contribution in [2.75, 3.05) is 11.5 Å². The fourth-order valence-corrected chi connectivity index (χ4v) is 2.20. The monoisotopic (exact) mass is 249 g/mol. The topological polar surface area (TPSA) is 63.2 Å². The SMILES string of the molecule is CCC(C)(C)C(=O)N[C@@H](C)CS(=O)(=O)CC. The minimum atomic E-state index is -3.03. The van der Waals surface area contributed by atoms with E-state index < -0.39 is 15.3 Å². The zero-order valence-corrected chi connectivity index (χ0v) is 11.6. The first-order valence-corrected chi connectivity index (χ1v) is 7.48. The first-order valence-electron chi connectivity index (χ1n) is 5.66. The third-order valence-electron chi connectivity index (χ3n) is 2.82. The maximum atomic E-state index is 11.8. The summed E-state index contributed by atoms with van der Waals surface area (Å²) in [6.45, 7) is 8.97. The lowest BCUT2D eigenvalue weighted by atomic mass is 9.89. The number of sulfone groups is 1. The highest BCUT2D eigenvalue weighted by Gasteiger charge is 2.27. The lowest BCUT2D eigenvalue weighted by Gasteiger charge is -2.24. The second kappa shape index (κ2) is 5.66. The van der Waals surface area contributed by atoms with Crippen LogP contribution in [0.2, 0.25) is 0 Å². The molecule has 4 nitrogen and oxygen atoms in total. The Morgan fingerprint density at radius 1 is 1.31 bits per heavy atom. The van der Waals surface area contributed by atoms with Gasteiger partial charge in [0.05, 0.1) is 5.75 Å². The summed E-state index contributed by atoms with van der Waals surface area (Å²) in [4.78, 5) is 11.8. The molecule has 16 heavy (non-hydrogen) atoms. The number of carbonyl (C=O) groups is 1. The molecule has 0 saturated carbocycles. The van der Waals surface area contributed by atoms with Gasteiger partial charge in [0.15, 0.2) is 9.84 Å². The molecule has 0 fully saturated rings. The average Bonchev–Trinajstić information content (AvgIpc) is 2.16. The van der Waals surface area contributed by atoms with Gasteiger partial charge in [0, 0.05) is 17.2 Å². The number of hydrogen-bond acceptors (Lipinski definition) is 3. The van der Waals surface area contributed by atoms with E-state index in [0.717, 1.165) is 6.42 Å². The Balaban J connectivity index is 4.38. The van der Waals surface area contributed by atoms with Gasteiger partial charge in [0.25, 0.3) is 0 Å². The van der Waals surface area contributed by atoms with Crippen LogP contribution in [0, 0.1) is 5.41 Å². The molecule has 96 valence electrons. The molecule has 0 saturated heterocycles. The lowest BCUT2D eigenvalue weighted by Crippen LogP contribution is -2.44. The number of nitrogens with one attached hydrogen (secondary N) is 1. The average molecular weight is 249 g/mol. The number of hydrogen-bond donors (Lipinski definition) is 1. The smallest absolute Gasteiger partial charge is 0.225 e. The molecule has 0 spiro atoms. The van der Waals surface area contributed by atoms with E-state index in [1.807, 2.05) is 20.8 Å². The van der Waals surface area contributed by atoms with Gasteiger partial charge in [-0.15, -0.1) is 0 Å². The van der Waals surface area contributed by atoms with Crippen LogP contribution in [0.3, 0.4) is 0 Å². The Morgan fingerprint density at radius 2 is 1.81 bits per heavy atom. The molecule has 0 aliphatic carbocycles. The summed E-state index contributed by atoms with van der Waals surface area (Å²) >= 11 is 0. The molecule has 0 bridgehead atoms. The molecule has 0 heterocycles. The second-order valence-corrected chi connectivity index (χ2v) is 7.21. The van der Waals surface area contributed by atoms with E-state index in [1.54, 1.807) is 13.8 Å². The Hall–Kier alpha value is -0.580. The Kier molecular flexibility index (Phi) is 5.46. The number of amides is 1. The van der Waals surface area contributed by atoms with Crippen molar-refractivity contribution in [3.05, 3.63) is 0 Å². The maximum Gasteiger partial charge on any atom is 0.225 e. The van der Waals surface area contributed by atoms with Crippen LogP contribution in [0.15, 0.2) is 0 Å². The van der Waals surface area contributed by atoms with Gasteiger partial charge in [0.2, 0.25) is 5.91 Å². The maximum absolute atomic E-state index is 11.8. The normalized spacial score (nSPS) is 14.6. The van der Waals surface area contributed by atoms with Gasteiger partial charge < -0.3 is 5.32 Å². The first kappa shape index (κ1) is 15.4. The van der Waals surface area contributed by atoms with E-state index in [9.17, 15) is 13.2 Å². The Labute approximate surface area is 98.7 Å². The van der Waals surface area contributed by atoms with Crippen LogP contribution in [0.1, 0.15) is 41.0 Å². The lowest BCUT2D eigenvalue weighted by molar-refractivity contribution is -0.129. The Morgan fingerprint density at radius 3 is 2.19 bits per heavy atom. The van der Waals surface area contributed by atoms with Gasteiger partial charge in [-0.3, -0.25) is 4.79 Å². The molecule has 0 unspecified atom stereocenters. The molecule has 0 aliphatic heterocycles. The van der Waals surface area contributed by atoms with Gasteiger partial charge in [-0.25, -0.2) is 8.42 Å². The van der Waals surface area contributed by atoms with Crippen molar-refractivity contribution in [3.8, 4) is 0 Å². The number of rotatable bonds is 6. The van der Waals surface area contributed by atoms with Crippen molar-refractivity contribution < 1.29 is 13.2 Å². The molecule has 0 aromatic carbocycles. The summed E-state index contributed by atoms with van der Waals surface area (Å²) in [7, 11) is -3.03. The van der Waals surface area contributed by atoms with E-state index >= 15 is 0 Å². The predicted molar refractivity (Wildman–Crippen MR) is 66.0 cm³/mol. The quantitative estimate of drug-likeness (QED) is 0.773. The molecule has 1 amide bonds. The molecule has 0 aromatic heterocycles. The molecular weight excluding hydrogens is 226 g/mol. The van der Waals surface area contributed by atoms with Crippen LogP contribution in [0.5, 0.6) is 0 Å². The fraction of sp³-hybridized carbons (Fsp3) is 0.909. The first-order chi connectivity index (χ1) is 7.14. The third-order valence-corrected chi connectivity index (χ3v) is 4.71. The van der Waals surface area contributed by atoms with Crippen molar-refractivity contribution in [2.45, 2.75) is 47.1 Å². The van der Waals surface area contributed by atoms with Gasteiger partial charge >= 0.3 is 0 Å². The van der Waals surface area contributed by atoms with Crippen LogP contribution in [0.4, 0.5) is 0 Å². The highest BCUT2D eigenvalue weighted by atomic mass is 32.2. The van der Waals surface area contributed by atoms with Crippen LogP contribution < -0.4 is 5.32 Å². The van der Waals surface area contributed by atoms with Crippen LogP contribution in [-0.4, -0.2) is 31.9 Å². The van der Waals surface area contributed by atoms with Gasteiger partial charge in [-0.1, -0.05) is 27.7 Å². The second-order valence-electron chi connectivity index (χ2n) is 4.81. The molecule has 0 radical (unpaired) electrons. The van der Waals surface area contributed by atoms with Crippen molar-refractivity contribution in [1.29, 1.82) is 0 Å². The van der Waals surface area contributed by atoms with E-state index in [4.69, 9.17) is 0 Å². The van der Waals surface area contributed by atoms with Crippen molar-refractivity contribution >= 4 is 15.7 Å². The molecule has 0 aromatic rings. The highest BCUT2D eigenvalue weighted by molar-refractivity contribution is 7.91. The number of carbonyl (C=O) groups excluding carboxylic acids is 1. The summed E-state index contributed by atoms with van der Waals surface area (Å²) in [6.07, 6.45) is 0.728. The van der Waals surface area contributed by atoms with Crippen molar-refractivity contribution in [1.82, 2.24) is 5.32 Å². The molecule has 0 aliphatic rings. The Bertz CT molecular complexity index is 333. The summed E-state index contributed by atoms with van der Waals surface area (Å²) in [6, 6.07) is -0.330. The van der Waals surface area contributed by atoms with Gasteiger partial charge in [-0.2, -0.15) is 0 Å². The van der Waals surface area contributed by atoms with Gasteiger partial charge in [0.1, 0.15) is 0 Å². The minimum absolute atomic E-state index is 0.00896. The molecular formula is C11H23NO3S. The van der Waals surface area contributed by atoms with Crippen molar-refractivity contribution in [2.24, 2.45) is 5.41 Å². The van der Waals surface area contributed by atoms with Crippen molar-refractivity contribution in [3.63, 3.8) is 0 Å². The zero-order chi connectivity index (χ0) is 13.0. The standard InChI is InChI=1S/C11H23NO3S/c1-6-11(4,5)10(13)12-9(3)8-16(14,15)7-2/h9H,6-8H2,1-5H3,(H,12,13)/t9-/m0/s1. The molecule has 1 atom stereocenters. The predicted octanol–water partition coefficient (Wildman–Crippen LogP) is 1.36. The van der Waals surface area contributed by atoms with E-state index in [1.165, 1.54) is 0 Å². The summed E-state index contributed by atoms with van der Waals surface area (Å²) < 4.78 is 22.7. The molecule has 1 N–H and O–H groups in total. The zero-order valence-electron chi connectivity index (χ0n) is 10.8. The van der Waals surface area contributed by atoms with Crippen LogP contribution >= 0.6 is 0 Å². The van der Waals surface area contributed by atoms with E-state index in [2.05, 4.69) is 5.32 Å². The summed E-state index contributed by atoms with van der Waals surface area (Å²) in [5.74, 6) is 0.0353. The molecule has 5 heteroatoms. The van der Waals surface area contributed by atoms with Gasteiger partial charge in [-0.05, 0) is 13.3 Å². The summed E-state index contributed by atoms with van der Waals surface area (Å²) in [5.41, 5.74) is -0.440. The highest BCUT2D eigenvalue weighted by Crippen LogP contribution is 2.19. The van der Waals surface area contributed by atoms with Crippen LogP contribution in [-0.2, 0) is 14.6 Å². The van der Waals surface area contributed by atoms with E-state index in [-0.39, 0.29) is 23.5 Å². The molecule has 0 rings (SSSR count). The fourth-order valence-electron chi connectivity index (χ4n) is 1.12. The largest absolute Gasteiger partial charge is 0.352 e.